The van der Waals surface area contributed by atoms with Crippen molar-refractivity contribution in [1.82, 2.24) is 10.6 Å². The second-order valence-corrected chi connectivity index (χ2v) is 6.33. The van der Waals surface area contributed by atoms with Crippen LogP contribution in [0, 0.1) is 6.92 Å². The number of amides is 2. The first-order valence-corrected chi connectivity index (χ1v) is 8.46. The molecule has 1 aliphatic carbocycles. The van der Waals surface area contributed by atoms with Crippen molar-refractivity contribution in [2.24, 2.45) is 0 Å². The number of carbonyl (C=O) groups excluding carboxylic acids is 2. The van der Waals surface area contributed by atoms with Gasteiger partial charge in [0.05, 0.1) is 6.54 Å². The summed E-state index contributed by atoms with van der Waals surface area (Å²) in [6, 6.07) is 15.4. The summed E-state index contributed by atoms with van der Waals surface area (Å²) in [5.41, 5.74) is 2.73. The molecule has 0 aromatic heterocycles. The maximum Gasteiger partial charge on any atom is 0.251 e. The van der Waals surface area contributed by atoms with Gasteiger partial charge in [-0.3, -0.25) is 9.59 Å². The Bertz CT molecular complexity index is 769. The molecule has 0 aliphatic heterocycles. The van der Waals surface area contributed by atoms with Gasteiger partial charge in [-0.15, -0.1) is 0 Å². The Balaban J connectivity index is 1.52. The smallest absolute Gasteiger partial charge is 0.251 e. The van der Waals surface area contributed by atoms with Crippen LogP contribution in [-0.2, 0) is 11.4 Å². The molecule has 3 rings (SSSR count). The molecular weight excluding hydrogens is 316 g/mol. The van der Waals surface area contributed by atoms with Gasteiger partial charge in [0, 0.05) is 11.6 Å². The Morgan fingerprint density at radius 2 is 1.92 bits per heavy atom. The van der Waals surface area contributed by atoms with Crippen molar-refractivity contribution in [2.75, 3.05) is 6.54 Å². The number of hydrogen-bond acceptors (Lipinski definition) is 3. The molecule has 1 saturated carbocycles. The quantitative estimate of drug-likeness (QED) is 0.815. The molecule has 5 heteroatoms. The fourth-order valence-corrected chi connectivity index (χ4v) is 2.46. The van der Waals surface area contributed by atoms with Crippen LogP contribution in [-0.4, -0.2) is 24.4 Å². The Morgan fingerprint density at radius 3 is 2.68 bits per heavy atom. The lowest BCUT2D eigenvalue weighted by Gasteiger charge is -2.09. The second kappa shape index (κ2) is 7.83. The second-order valence-electron chi connectivity index (χ2n) is 6.33. The Kier molecular flexibility index (Phi) is 5.33. The third-order valence-corrected chi connectivity index (χ3v) is 3.94. The van der Waals surface area contributed by atoms with Gasteiger partial charge >= 0.3 is 0 Å². The van der Waals surface area contributed by atoms with E-state index in [9.17, 15) is 9.59 Å². The molecule has 2 N–H and O–H groups in total. The first-order valence-electron chi connectivity index (χ1n) is 8.46. The van der Waals surface area contributed by atoms with Gasteiger partial charge in [-0.2, -0.15) is 0 Å². The highest BCUT2D eigenvalue weighted by Crippen LogP contribution is 2.18. The predicted octanol–water partition coefficient (Wildman–Crippen LogP) is 2.58. The maximum absolute atomic E-state index is 12.2. The summed E-state index contributed by atoms with van der Waals surface area (Å²) in [5, 5.41) is 5.47. The van der Waals surface area contributed by atoms with Gasteiger partial charge in [0.15, 0.2) is 0 Å². The molecule has 25 heavy (non-hydrogen) atoms. The van der Waals surface area contributed by atoms with E-state index in [1.165, 1.54) is 5.56 Å². The van der Waals surface area contributed by atoms with Gasteiger partial charge in [0.2, 0.25) is 5.91 Å². The Hall–Kier alpha value is -2.82. The minimum atomic E-state index is -0.285. The summed E-state index contributed by atoms with van der Waals surface area (Å²) >= 11 is 0. The molecule has 2 amide bonds. The lowest BCUT2D eigenvalue weighted by molar-refractivity contribution is -0.120. The number of hydrogen-bond donors (Lipinski definition) is 2. The number of carbonyl (C=O) groups is 2. The van der Waals surface area contributed by atoms with Gasteiger partial charge in [0.25, 0.3) is 5.91 Å². The molecule has 1 fully saturated rings. The van der Waals surface area contributed by atoms with Crippen molar-refractivity contribution >= 4 is 11.8 Å². The molecular formula is C20H22N2O3. The van der Waals surface area contributed by atoms with Crippen molar-refractivity contribution in [3.63, 3.8) is 0 Å². The van der Waals surface area contributed by atoms with Gasteiger partial charge in [0.1, 0.15) is 12.4 Å². The molecule has 0 atom stereocenters. The van der Waals surface area contributed by atoms with Crippen LogP contribution in [0.4, 0.5) is 0 Å². The lowest BCUT2D eigenvalue weighted by atomic mass is 10.1. The van der Waals surface area contributed by atoms with Crippen molar-refractivity contribution in [3.8, 4) is 5.75 Å². The Morgan fingerprint density at radius 1 is 1.12 bits per heavy atom. The van der Waals surface area contributed by atoms with E-state index in [1.54, 1.807) is 18.2 Å². The average molecular weight is 338 g/mol. The van der Waals surface area contributed by atoms with E-state index in [-0.39, 0.29) is 18.4 Å². The molecule has 0 spiro atoms. The maximum atomic E-state index is 12.2. The summed E-state index contributed by atoms with van der Waals surface area (Å²) in [5.74, 6) is 0.186. The number of benzene rings is 2. The topological polar surface area (TPSA) is 67.4 Å². The molecule has 2 aromatic carbocycles. The summed E-state index contributed by atoms with van der Waals surface area (Å²) in [7, 11) is 0. The molecule has 2 aromatic rings. The van der Waals surface area contributed by atoms with Crippen LogP contribution < -0.4 is 15.4 Å². The molecule has 0 radical (unpaired) electrons. The lowest BCUT2D eigenvalue weighted by Crippen LogP contribution is -2.37. The molecule has 0 bridgehead atoms. The van der Waals surface area contributed by atoms with Crippen molar-refractivity contribution < 1.29 is 14.3 Å². The standard InChI is InChI=1S/C20H22N2O3/c1-14-4-2-5-15(10-14)13-25-18-7-3-6-16(11-18)20(24)21-12-19(23)22-17-8-9-17/h2-7,10-11,17H,8-9,12-13H2,1H3,(H,21,24)(H,22,23). The Labute approximate surface area is 147 Å². The average Bonchev–Trinajstić information content (AvgIpc) is 3.42. The van der Waals surface area contributed by atoms with E-state index in [0.29, 0.717) is 24.0 Å². The van der Waals surface area contributed by atoms with Crippen LogP contribution in [0.3, 0.4) is 0 Å². The molecule has 0 heterocycles. The SMILES string of the molecule is Cc1cccc(COc2cccc(C(=O)NCC(=O)NC3CC3)c2)c1. The minimum absolute atomic E-state index is 0.0102. The highest BCUT2D eigenvalue weighted by atomic mass is 16.5. The van der Waals surface area contributed by atoms with E-state index in [0.717, 1.165) is 18.4 Å². The normalized spacial score (nSPS) is 13.2. The van der Waals surface area contributed by atoms with Crippen molar-refractivity contribution in [1.29, 1.82) is 0 Å². The van der Waals surface area contributed by atoms with E-state index in [4.69, 9.17) is 4.74 Å². The van der Waals surface area contributed by atoms with Crippen LogP contribution in [0.1, 0.15) is 34.3 Å². The summed E-state index contributed by atoms with van der Waals surface area (Å²) in [4.78, 5) is 23.8. The number of nitrogens with one attached hydrogen (secondary N) is 2. The van der Waals surface area contributed by atoms with Crippen LogP contribution in [0.2, 0.25) is 0 Å². The van der Waals surface area contributed by atoms with Gasteiger partial charge < -0.3 is 15.4 Å². The highest BCUT2D eigenvalue weighted by Gasteiger charge is 2.23. The number of rotatable bonds is 7. The fourth-order valence-electron chi connectivity index (χ4n) is 2.46. The zero-order valence-corrected chi connectivity index (χ0v) is 14.2. The van der Waals surface area contributed by atoms with E-state index < -0.39 is 0 Å². The van der Waals surface area contributed by atoms with Gasteiger partial charge in [-0.25, -0.2) is 0 Å². The van der Waals surface area contributed by atoms with Crippen LogP contribution in [0.15, 0.2) is 48.5 Å². The van der Waals surface area contributed by atoms with E-state index in [1.807, 2.05) is 31.2 Å². The molecule has 5 nitrogen and oxygen atoms in total. The van der Waals surface area contributed by atoms with Crippen LogP contribution in [0.25, 0.3) is 0 Å². The van der Waals surface area contributed by atoms with Crippen molar-refractivity contribution in [2.45, 2.75) is 32.4 Å². The fraction of sp³-hybridized carbons (Fsp3) is 0.300. The summed E-state index contributed by atoms with van der Waals surface area (Å²) in [6.07, 6.45) is 2.06. The van der Waals surface area contributed by atoms with Crippen LogP contribution >= 0.6 is 0 Å². The monoisotopic (exact) mass is 338 g/mol. The van der Waals surface area contributed by atoms with Gasteiger partial charge in [-0.1, -0.05) is 35.9 Å². The molecule has 130 valence electrons. The van der Waals surface area contributed by atoms with Gasteiger partial charge in [-0.05, 0) is 43.5 Å². The van der Waals surface area contributed by atoms with E-state index >= 15 is 0 Å². The number of aryl methyl sites for hydroxylation is 1. The third kappa shape index (κ3) is 5.35. The zero-order valence-electron chi connectivity index (χ0n) is 14.2. The van der Waals surface area contributed by atoms with E-state index in [2.05, 4.69) is 16.7 Å². The first-order chi connectivity index (χ1) is 12.1. The highest BCUT2D eigenvalue weighted by molar-refractivity contribution is 5.96. The largest absolute Gasteiger partial charge is 0.489 e. The molecule has 0 unspecified atom stereocenters. The number of ether oxygens (including phenoxy) is 1. The third-order valence-electron chi connectivity index (χ3n) is 3.94. The zero-order chi connectivity index (χ0) is 17.6. The summed E-state index contributed by atoms with van der Waals surface area (Å²) in [6.45, 7) is 2.47. The molecule has 0 saturated heterocycles. The first kappa shape index (κ1) is 17.0. The van der Waals surface area contributed by atoms with Crippen LogP contribution in [0.5, 0.6) is 5.75 Å². The minimum Gasteiger partial charge on any atom is -0.489 e. The molecule has 1 aliphatic rings. The summed E-state index contributed by atoms with van der Waals surface area (Å²) < 4.78 is 5.77. The predicted molar refractivity (Wildman–Crippen MR) is 95.5 cm³/mol. The van der Waals surface area contributed by atoms with Crippen molar-refractivity contribution in [3.05, 3.63) is 65.2 Å².